The maximum atomic E-state index is 14.5. The average molecular weight is 313 g/mol. The van der Waals surface area contributed by atoms with E-state index in [4.69, 9.17) is 9.47 Å². The summed E-state index contributed by atoms with van der Waals surface area (Å²) in [6.07, 6.45) is 2.18. The number of rotatable bonds is 10. The number of nitrogens with zero attached hydrogens (tertiary/aromatic N) is 1. The first-order chi connectivity index (χ1) is 10.5. The van der Waals surface area contributed by atoms with Crippen LogP contribution >= 0.6 is 0 Å². The number of aliphatic hydroxyl groups is 1. The molecule has 0 aliphatic rings. The molecule has 0 aliphatic heterocycles. The monoisotopic (exact) mass is 313 g/mol. The molecule has 5 heteroatoms. The van der Waals surface area contributed by atoms with E-state index in [1.54, 1.807) is 6.07 Å². The Bertz CT molecular complexity index is 452. The first kappa shape index (κ1) is 18.7. The number of ether oxygens (including phenoxy) is 2. The third-order valence-electron chi connectivity index (χ3n) is 3.37. The van der Waals surface area contributed by atoms with Gasteiger partial charge in [0.25, 0.3) is 0 Å². The summed E-state index contributed by atoms with van der Waals surface area (Å²) in [7, 11) is 3.74. The minimum Gasteiger partial charge on any atom is -0.490 e. The van der Waals surface area contributed by atoms with Crippen molar-refractivity contribution in [2.45, 2.75) is 39.2 Å². The topological polar surface area (TPSA) is 41.9 Å². The van der Waals surface area contributed by atoms with Crippen LogP contribution in [-0.2, 0) is 0 Å². The molecule has 0 fully saturated rings. The first-order valence-electron chi connectivity index (χ1n) is 7.91. The van der Waals surface area contributed by atoms with Crippen LogP contribution in [0.2, 0.25) is 0 Å². The van der Waals surface area contributed by atoms with Gasteiger partial charge in [-0.15, -0.1) is 0 Å². The Morgan fingerprint density at radius 3 is 2.09 bits per heavy atom. The summed E-state index contributed by atoms with van der Waals surface area (Å²) in [6.45, 7) is 5.10. The van der Waals surface area contributed by atoms with Gasteiger partial charge in [-0.05, 0) is 39.4 Å². The maximum absolute atomic E-state index is 14.5. The molecule has 0 aliphatic carbocycles. The molecule has 1 atom stereocenters. The first-order valence-corrected chi connectivity index (χ1v) is 7.91. The highest BCUT2D eigenvalue weighted by Crippen LogP contribution is 2.35. The lowest BCUT2D eigenvalue weighted by Gasteiger charge is -2.25. The molecule has 0 radical (unpaired) electrons. The molecular weight excluding hydrogens is 285 g/mol. The smallest absolute Gasteiger partial charge is 0.164 e. The minimum atomic E-state index is -0.331. The minimum absolute atomic E-state index is 0.00151. The van der Waals surface area contributed by atoms with Gasteiger partial charge in [-0.1, -0.05) is 13.8 Å². The summed E-state index contributed by atoms with van der Waals surface area (Å²) < 4.78 is 25.8. The van der Waals surface area contributed by atoms with E-state index < -0.39 is 0 Å². The molecule has 0 bridgehead atoms. The van der Waals surface area contributed by atoms with Gasteiger partial charge in [-0.2, -0.15) is 0 Å². The fourth-order valence-corrected chi connectivity index (χ4v) is 2.27. The third kappa shape index (κ3) is 5.14. The van der Waals surface area contributed by atoms with Gasteiger partial charge in [0.1, 0.15) is 5.82 Å². The molecule has 1 unspecified atom stereocenters. The zero-order valence-corrected chi connectivity index (χ0v) is 14.1. The van der Waals surface area contributed by atoms with E-state index in [1.807, 2.05) is 32.8 Å². The largest absolute Gasteiger partial charge is 0.490 e. The van der Waals surface area contributed by atoms with Gasteiger partial charge < -0.3 is 19.5 Å². The predicted octanol–water partition coefficient (Wildman–Crippen LogP) is 3.39. The summed E-state index contributed by atoms with van der Waals surface area (Å²) in [4.78, 5) is 1.89. The van der Waals surface area contributed by atoms with Gasteiger partial charge in [0, 0.05) is 24.3 Å². The van der Waals surface area contributed by atoms with E-state index in [1.165, 1.54) is 6.07 Å². The SMILES string of the molecule is CCCOc1cc(F)c(C(CCO)N(C)C)cc1OCCC. The quantitative estimate of drug-likeness (QED) is 0.719. The Morgan fingerprint density at radius 2 is 1.64 bits per heavy atom. The zero-order valence-electron chi connectivity index (χ0n) is 14.1. The summed E-state index contributed by atoms with van der Waals surface area (Å²) in [5.41, 5.74) is 0.522. The number of hydrogen-bond donors (Lipinski definition) is 1. The molecule has 1 rings (SSSR count). The number of aliphatic hydroxyl groups excluding tert-OH is 1. The van der Waals surface area contributed by atoms with Crippen LogP contribution in [0.5, 0.6) is 11.5 Å². The highest BCUT2D eigenvalue weighted by Gasteiger charge is 2.21. The van der Waals surface area contributed by atoms with Gasteiger partial charge in [-0.25, -0.2) is 4.39 Å². The lowest BCUT2D eigenvalue weighted by Crippen LogP contribution is -2.22. The van der Waals surface area contributed by atoms with Crippen molar-refractivity contribution in [3.05, 3.63) is 23.5 Å². The van der Waals surface area contributed by atoms with E-state index in [-0.39, 0.29) is 18.5 Å². The number of halogens is 1. The molecular formula is C17H28FNO3. The van der Waals surface area contributed by atoms with Crippen molar-refractivity contribution >= 4 is 0 Å². The fourth-order valence-electron chi connectivity index (χ4n) is 2.27. The van der Waals surface area contributed by atoms with Gasteiger partial charge in [0.05, 0.1) is 13.2 Å². The Kier molecular flexibility index (Phi) is 8.20. The van der Waals surface area contributed by atoms with Crippen LogP contribution in [0.15, 0.2) is 12.1 Å². The van der Waals surface area contributed by atoms with Gasteiger partial charge >= 0.3 is 0 Å². The van der Waals surface area contributed by atoms with Gasteiger partial charge in [0.15, 0.2) is 11.5 Å². The molecule has 0 spiro atoms. The molecule has 1 N–H and O–H groups in total. The Morgan fingerprint density at radius 1 is 1.09 bits per heavy atom. The second kappa shape index (κ2) is 9.64. The standard InChI is InChI=1S/C17H28FNO3/c1-5-9-21-16-11-13(15(7-8-20)19(3)4)14(18)12-17(16)22-10-6-2/h11-12,15,20H,5-10H2,1-4H3. The lowest BCUT2D eigenvalue weighted by atomic mass is 10.0. The van der Waals surface area contributed by atoms with Crippen LogP contribution in [0, 0.1) is 5.82 Å². The lowest BCUT2D eigenvalue weighted by molar-refractivity contribution is 0.206. The summed E-state index contributed by atoms with van der Waals surface area (Å²) in [6, 6.07) is 2.90. The molecule has 1 aromatic carbocycles. The predicted molar refractivity (Wildman–Crippen MR) is 86.1 cm³/mol. The van der Waals surface area contributed by atoms with E-state index in [9.17, 15) is 9.50 Å². The van der Waals surface area contributed by atoms with Crippen LogP contribution in [0.25, 0.3) is 0 Å². The molecule has 0 aromatic heterocycles. The highest BCUT2D eigenvalue weighted by atomic mass is 19.1. The van der Waals surface area contributed by atoms with Crippen molar-refractivity contribution in [1.29, 1.82) is 0 Å². The summed E-state index contributed by atoms with van der Waals surface area (Å²) >= 11 is 0. The number of benzene rings is 1. The van der Waals surface area contributed by atoms with Crippen LogP contribution in [0.1, 0.15) is 44.7 Å². The van der Waals surface area contributed by atoms with Crippen LogP contribution in [-0.4, -0.2) is 43.9 Å². The summed E-state index contributed by atoms with van der Waals surface area (Å²) in [5, 5.41) is 9.21. The molecule has 4 nitrogen and oxygen atoms in total. The third-order valence-corrected chi connectivity index (χ3v) is 3.37. The fraction of sp³-hybridized carbons (Fsp3) is 0.647. The van der Waals surface area contributed by atoms with Crippen molar-refractivity contribution in [3.8, 4) is 11.5 Å². The zero-order chi connectivity index (χ0) is 16.5. The number of hydrogen-bond acceptors (Lipinski definition) is 4. The van der Waals surface area contributed by atoms with E-state index in [0.29, 0.717) is 36.7 Å². The Hall–Kier alpha value is -1.33. The molecule has 0 amide bonds. The average Bonchev–Trinajstić information content (AvgIpc) is 2.49. The molecule has 0 saturated carbocycles. The molecule has 0 heterocycles. The van der Waals surface area contributed by atoms with Crippen molar-refractivity contribution in [2.24, 2.45) is 0 Å². The van der Waals surface area contributed by atoms with Crippen LogP contribution in [0.3, 0.4) is 0 Å². The second-order valence-electron chi connectivity index (χ2n) is 5.51. The molecule has 126 valence electrons. The van der Waals surface area contributed by atoms with E-state index in [2.05, 4.69) is 0 Å². The van der Waals surface area contributed by atoms with Crippen LogP contribution in [0.4, 0.5) is 4.39 Å². The molecule has 22 heavy (non-hydrogen) atoms. The Labute approximate surface area is 132 Å². The van der Waals surface area contributed by atoms with Crippen molar-refractivity contribution in [3.63, 3.8) is 0 Å². The van der Waals surface area contributed by atoms with Crippen molar-refractivity contribution < 1.29 is 19.0 Å². The molecule has 0 saturated heterocycles. The van der Waals surface area contributed by atoms with Gasteiger partial charge in [0.2, 0.25) is 0 Å². The Balaban J connectivity index is 3.16. The maximum Gasteiger partial charge on any atom is 0.164 e. The second-order valence-corrected chi connectivity index (χ2v) is 5.51. The highest BCUT2D eigenvalue weighted by molar-refractivity contribution is 5.45. The van der Waals surface area contributed by atoms with Gasteiger partial charge in [-0.3, -0.25) is 0 Å². The summed E-state index contributed by atoms with van der Waals surface area (Å²) in [5.74, 6) is 0.677. The van der Waals surface area contributed by atoms with E-state index in [0.717, 1.165) is 12.8 Å². The van der Waals surface area contributed by atoms with E-state index >= 15 is 0 Å². The normalized spacial score (nSPS) is 12.5. The van der Waals surface area contributed by atoms with Crippen molar-refractivity contribution in [2.75, 3.05) is 33.9 Å². The molecule has 1 aromatic rings. The van der Waals surface area contributed by atoms with Crippen LogP contribution < -0.4 is 9.47 Å². The van der Waals surface area contributed by atoms with Crippen molar-refractivity contribution in [1.82, 2.24) is 4.90 Å².